The molecule has 2 atom stereocenters. The summed E-state index contributed by atoms with van der Waals surface area (Å²) in [6, 6.07) is 0. The molecule has 1 rings (SSSR count). The van der Waals surface area contributed by atoms with Gasteiger partial charge >= 0.3 is 0 Å². The Labute approximate surface area is 86.3 Å². The van der Waals surface area contributed by atoms with E-state index in [2.05, 4.69) is 25.2 Å². The van der Waals surface area contributed by atoms with Crippen LogP contribution in [0.2, 0.25) is 0 Å². The predicted octanol–water partition coefficient (Wildman–Crippen LogP) is 2.64. The molecule has 0 spiro atoms. The zero-order valence-electron chi connectivity index (χ0n) is 9.07. The summed E-state index contributed by atoms with van der Waals surface area (Å²) in [4.78, 5) is 0. The van der Waals surface area contributed by atoms with E-state index in [-0.39, 0.29) is 0 Å². The molecule has 0 saturated heterocycles. The lowest BCUT2D eigenvalue weighted by atomic mass is 9.91. The van der Waals surface area contributed by atoms with E-state index in [9.17, 15) is 5.11 Å². The fourth-order valence-corrected chi connectivity index (χ4v) is 1.80. The second-order valence-electron chi connectivity index (χ2n) is 3.82. The van der Waals surface area contributed by atoms with E-state index in [0.29, 0.717) is 12.3 Å². The maximum Gasteiger partial charge on any atom is 0.154 e. The van der Waals surface area contributed by atoms with Gasteiger partial charge in [-0.3, -0.25) is 0 Å². The van der Waals surface area contributed by atoms with Crippen molar-refractivity contribution >= 4 is 0 Å². The third-order valence-electron chi connectivity index (χ3n) is 2.54. The Kier molecular flexibility index (Phi) is 4.91. The van der Waals surface area contributed by atoms with E-state index in [0.717, 1.165) is 12.8 Å². The summed E-state index contributed by atoms with van der Waals surface area (Å²) in [5.41, 5.74) is 1.40. The highest BCUT2D eigenvalue weighted by Gasteiger charge is 2.13. The van der Waals surface area contributed by atoms with Crippen LogP contribution in [-0.4, -0.2) is 18.5 Å². The van der Waals surface area contributed by atoms with Crippen LogP contribution in [0.3, 0.4) is 0 Å². The van der Waals surface area contributed by atoms with Gasteiger partial charge in [-0.25, -0.2) is 0 Å². The molecule has 1 N–H and O–H groups in total. The Morgan fingerprint density at radius 2 is 2.43 bits per heavy atom. The Morgan fingerprint density at radius 3 is 3.07 bits per heavy atom. The van der Waals surface area contributed by atoms with Crippen LogP contribution in [0, 0.1) is 5.92 Å². The van der Waals surface area contributed by atoms with Gasteiger partial charge in [0.2, 0.25) is 0 Å². The van der Waals surface area contributed by atoms with Crippen LogP contribution in [0.1, 0.15) is 32.6 Å². The first-order valence-corrected chi connectivity index (χ1v) is 5.34. The fourth-order valence-electron chi connectivity index (χ4n) is 1.80. The van der Waals surface area contributed by atoms with Gasteiger partial charge in [0.15, 0.2) is 6.29 Å². The molecule has 2 nitrogen and oxygen atoms in total. The molecule has 0 aromatic carbocycles. The maximum atomic E-state index is 9.35. The van der Waals surface area contributed by atoms with Crippen molar-refractivity contribution in [1.82, 2.24) is 0 Å². The first-order valence-electron chi connectivity index (χ1n) is 5.34. The highest BCUT2D eigenvalue weighted by atomic mass is 16.6. The molecule has 0 aromatic rings. The smallest absolute Gasteiger partial charge is 0.154 e. The van der Waals surface area contributed by atoms with E-state index in [1.807, 2.05) is 0 Å². The molecule has 0 aromatic heterocycles. The number of hydrogen-bond acceptors (Lipinski definition) is 2. The van der Waals surface area contributed by atoms with Crippen LogP contribution in [0.5, 0.6) is 0 Å². The summed E-state index contributed by atoms with van der Waals surface area (Å²) in [6.45, 7) is 2.18. The molecule has 0 fully saturated rings. The van der Waals surface area contributed by atoms with Crippen molar-refractivity contribution in [3.05, 3.63) is 23.8 Å². The minimum Gasteiger partial charge on any atom is -0.368 e. The molecule has 0 amide bonds. The van der Waals surface area contributed by atoms with Gasteiger partial charge in [0, 0.05) is 13.5 Å². The van der Waals surface area contributed by atoms with Crippen molar-refractivity contribution in [2.24, 2.45) is 5.92 Å². The summed E-state index contributed by atoms with van der Waals surface area (Å²) in [6.07, 6.45) is 10.1. The molecular formula is C12H20O2. The van der Waals surface area contributed by atoms with Crippen molar-refractivity contribution < 1.29 is 9.84 Å². The van der Waals surface area contributed by atoms with Gasteiger partial charge in [0.05, 0.1) is 0 Å². The van der Waals surface area contributed by atoms with Crippen molar-refractivity contribution in [1.29, 1.82) is 0 Å². The van der Waals surface area contributed by atoms with E-state index >= 15 is 0 Å². The Balaban J connectivity index is 2.44. The van der Waals surface area contributed by atoms with Gasteiger partial charge in [-0.15, -0.1) is 0 Å². The third kappa shape index (κ3) is 3.64. The van der Waals surface area contributed by atoms with Crippen LogP contribution in [0.15, 0.2) is 23.8 Å². The van der Waals surface area contributed by atoms with Crippen LogP contribution in [0.25, 0.3) is 0 Å². The number of ether oxygens (including phenoxy) is 1. The van der Waals surface area contributed by atoms with Gasteiger partial charge in [-0.2, -0.15) is 0 Å². The fraction of sp³-hybridized carbons (Fsp3) is 0.667. The van der Waals surface area contributed by atoms with Crippen molar-refractivity contribution in [3.63, 3.8) is 0 Å². The van der Waals surface area contributed by atoms with E-state index in [1.165, 1.54) is 12.0 Å². The Hall–Kier alpha value is -0.600. The second-order valence-corrected chi connectivity index (χ2v) is 3.82. The van der Waals surface area contributed by atoms with Gasteiger partial charge in [0.25, 0.3) is 0 Å². The van der Waals surface area contributed by atoms with E-state index < -0.39 is 6.29 Å². The van der Waals surface area contributed by atoms with Crippen LogP contribution in [-0.2, 0) is 4.74 Å². The molecule has 2 heteroatoms. The third-order valence-corrected chi connectivity index (χ3v) is 2.54. The van der Waals surface area contributed by atoms with Crippen molar-refractivity contribution in [3.8, 4) is 0 Å². The van der Waals surface area contributed by atoms with E-state index in [1.54, 1.807) is 7.11 Å². The molecule has 2 unspecified atom stereocenters. The largest absolute Gasteiger partial charge is 0.368 e. The van der Waals surface area contributed by atoms with Gasteiger partial charge in [-0.1, -0.05) is 37.1 Å². The quantitative estimate of drug-likeness (QED) is 0.685. The predicted molar refractivity (Wildman–Crippen MR) is 57.9 cm³/mol. The van der Waals surface area contributed by atoms with Gasteiger partial charge < -0.3 is 9.84 Å². The SMILES string of the molecule is CCCC1=CC(CC(O)OC)CC=C1. The Morgan fingerprint density at radius 1 is 1.64 bits per heavy atom. The molecule has 0 radical (unpaired) electrons. The summed E-state index contributed by atoms with van der Waals surface area (Å²) in [7, 11) is 1.54. The molecule has 0 saturated carbocycles. The minimum atomic E-state index is -0.620. The normalized spacial score (nSPS) is 23.4. The monoisotopic (exact) mass is 196 g/mol. The first kappa shape index (κ1) is 11.5. The summed E-state index contributed by atoms with van der Waals surface area (Å²) < 4.78 is 4.85. The molecule has 0 heterocycles. The number of methoxy groups -OCH3 is 1. The standard InChI is InChI=1S/C12H20O2/c1-3-5-10-6-4-7-11(8-10)9-12(13)14-2/h4,6,8,11-13H,3,5,7,9H2,1-2H3. The maximum absolute atomic E-state index is 9.35. The number of aliphatic hydroxyl groups excluding tert-OH is 1. The van der Waals surface area contributed by atoms with Crippen molar-refractivity contribution in [2.45, 2.75) is 38.9 Å². The molecule has 0 aliphatic heterocycles. The molecule has 1 aliphatic rings. The highest BCUT2D eigenvalue weighted by molar-refractivity contribution is 5.23. The van der Waals surface area contributed by atoms with Gasteiger partial charge in [-0.05, 0) is 18.8 Å². The lowest BCUT2D eigenvalue weighted by molar-refractivity contribution is -0.0840. The van der Waals surface area contributed by atoms with Crippen LogP contribution < -0.4 is 0 Å². The lowest BCUT2D eigenvalue weighted by Gasteiger charge is -2.18. The van der Waals surface area contributed by atoms with Crippen LogP contribution >= 0.6 is 0 Å². The zero-order valence-corrected chi connectivity index (χ0v) is 9.07. The lowest BCUT2D eigenvalue weighted by Crippen LogP contribution is -2.15. The molecule has 80 valence electrons. The van der Waals surface area contributed by atoms with E-state index in [4.69, 9.17) is 4.74 Å². The number of aliphatic hydroxyl groups is 1. The summed E-state index contributed by atoms with van der Waals surface area (Å²) in [5.74, 6) is 0.441. The summed E-state index contributed by atoms with van der Waals surface area (Å²) in [5, 5.41) is 9.35. The molecule has 0 bridgehead atoms. The number of hydrogen-bond donors (Lipinski definition) is 1. The van der Waals surface area contributed by atoms with Crippen molar-refractivity contribution in [2.75, 3.05) is 7.11 Å². The average Bonchev–Trinajstić information content (AvgIpc) is 2.19. The number of rotatable bonds is 5. The second kappa shape index (κ2) is 5.99. The zero-order chi connectivity index (χ0) is 10.4. The molecule has 14 heavy (non-hydrogen) atoms. The molecular weight excluding hydrogens is 176 g/mol. The van der Waals surface area contributed by atoms with Gasteiger partial charge in [0.1, 0.15) is 0 Å². The molecule has 1 aliphatic carbocycles. The topological polar surface area (TPSA) is 29.5 Å². The first-order chi connectivity index (χ1) is 6.76. The highest BCUT2D eigenvalue weighted by Crippen LogP contribution is 2.23. The summed E-state index contributed by atoms with van der Waals surface area (Å²) >= 11 is 0. The minimum absolute atomic E-state index is 0.441. The Bertz CT molecular complexity index is 218. The number of allylic oxidation sites excluding steroid dienone is 4. The average molecular weight is 196 g/mol. The van der Waals surface area contributed by atoms with Crippen LogP contribution in [0.4, 0.5) is 0 Å².